The van der Waals surface area contributed by atoms with Crippen LogP contribution in [0.4, 0.5) is 0 Å². The molecule has 1 amide bonds. The molecule has 1 aliphatic carbocycles. The molecule has 1 saturated heterocycles. The second-order valence-electron chi connectivity index (χ2n) is 7.89. The van der Waals surface area contributed by atoms with Gasteiger partial charge in [0, 0.05) is 39.0 Å². The van der Waals surface area contributed by atoms with Crippen LogP contribution in [0.3, 0.4) is 0 Å². The van der Waals surface area contributed by atoms with Crippen LogP contribution in [0.5, 0.6) is 0 Å². The summed E-state index contributed by atoms with van der Waals surface area (Å²) in [5.41, 5.74) is 2.11. The fourth-order valence-corrected chi connectivity index (χ4v) is 4.53. The van der Waals surface area contributed by atoms with E-state index in [1.807, 2.05) is 25.2 Å². The molecule has 0 bridgehead atoms. The molecule has 1 aromatic heterocycles. The molecule has 7 nitrogen and oxygen atoms in total. The lowest BCUT2D eigenvalue weighted by Crippen LogP contribution is -2.51. The number of benzene rings is 1. The van der Waals surface area contributed by atoms with Crippen LogP contribution in [0.15, 0.2) is 24.3 Å². The Balaban J connectivity index is 1.25. The molecule has 4 rings (SSSR count). The number of nitrogens with one attached hydrogen (secondary N) is 1. The topological polar surface area (TPSA) is 79.6 Å². The Morgan fingerprint density at radius 2 is 2.07 bits per heavy atom. The number of carbonyl (C=O) groups is 1. The number of aliphatic hydroxyl groups excluding tert-OH is 1. The van der Waals surface area contributed by atoms with Crippen molar-refractivity contribution in [2.24, 2.45) is 7.05 Å². The van der Waals surface area contributed by atoms with Gasteiger partial charge in [-0.25, -0.2) is 4.98 Å². The Bertz CT molecular complexity index is 815. The van der Waals surface area contributed by atoms with E-state index in [4.69, 9.17) is 4.74 Å². The summed E-state index contributed by atoms with van der Waals surface area (Å²) < 4.78 is 7.49. The van der Waals surface area contributed by atoms with Crippen molar-refractivity contribution in [2.45, 2.75) is 50.3 Å². The summed E-state index contributed by atoms with van der Waals surface area (Å²) in [6.45, 7) is 3.17. The molecule has 2 aromatic rings. The molecule has 28 heavy (non-hydrogen) atoms. The maximum Gasteiger partial charge on any atom is 0.220 e. The average Bonchev–Trinajstić information content (AvgIpc) is 3.23. The van der Waals surface area contributed by atoms with Crippen molar-refractivity contribution in [3.05, 3.63) is 30.1 Å². The van der Waals surface area contributed by atoms with Crippen LogP contribution < -0.4 is 5.32 Å². The number of ether oxygens (including phenoxy) is 1. The summed E-state index contributed by atoms with van der Waals surface area (Å²) in [4.78, 5) is 19.4. The molecular weight excluding hydrogens is 356 g/mol. The van der Waals surface area contributed by atoms with Crippen molar-refractivity contribution in [3.63, 3.8) is 0 Å². The minimum absolute atomic E-state index is 0.0189. The summed E-state index contributed by atoms with van der Waals surface area (Å²) in [5.74, 6) is 1.02. The van der Waals surface area contributed by atoms with Crippen molar-refractivity contribution in [2.75, 3.05) is 26.3 Å². The van der Waals surface area contributed by atoms with E-state index < -0.39 is 6.10 Å². The number of hydrogen-bond acceptors (Lipinski definition) is 5. The van der Waals surface area contributed by atoms with Gasteiger partial charge in [0.2, 0.25) is 5.91 Å². The quantitative estimate of drug-likeness (QED) is 0.781. The number of fused-ring (bicyclic) bond motifs is 1. The normalized spacial score (nSPS) is 26.0. The minimum atomic E-state index is -0.498. The standard InChI is InChI=1S/C21H30N4O3/c1-24-17-6-3-2-5-15(17)22-19(24)7-4-8-20(26)23-16-9-10-18(21(16)27)25-11-13-28-14-12-25/h2-3,5-6,16,18,21,27H,4,7-14H2,1H3,(H,23,26)/t16-,18-,21-/m1/s1. The molecule has 7 heteroatoms. The number of para-hydroxylation sites is 2. The third-order valence-corrected chi connectivity index (χ3v) is 6.12. The molecule has 1 aromatic carbocycles. The highest BCUT2D eigenvalue weighted by Gasteiger charge is 2.39. The Labute approximate surface area is 165 Å². The smallest absolute Gasteiger partial charge is 0.220 e. The lowest BCUT2D eigenvalue weighted by molar-refractivity contribution is -0.122. The second-order valence-corrected chi connectivity index (χ2v) is 7.89. The van der Waals surface area contributed by atoms with Gasteiger partial charge in [0.15, 0.2) is 0 Å². The molecule has 152 valence electrons. The fraction of sp³-hybridized carbons (Fsp3) is 0.619. The zero-order valence-corrected chi connectivity index (χ0v) is 16.5. The number of aryl methyl sites for hydroxylation is 2. The summed E-state index contributed by atoms with van der Waals surface area (Å²) in [6.07, 6.45) is 3.23. The van der Waals surface area contributed by atoms with E-state index in [0.29, 0.717) is 6.42 Å². The van der Waals surface area contributed by atoms with Gasteiger partial charge in [0.05, 0.1) is 36.4 Å². The Hall–Kier alpha value is -1.96. The van der Waals surface area contributed by atoms with Gasteiger partial charge in [-0.2, -0.15) is 0 Å². The second kappa shape index (κ2) is 8.59. The molecule has 2 N–H and O–H groups in total. The number of amides is 1. The summed E-state index contributed by atoms with van der Waals surface area (Å²) >= 11 is 0. The van der Waals surface area contributed by atoms with Gasteiger partial charge in [-0.1, -0.05) is 12.1 Å². The maximum absolute atomic E-state index is 12.4. The van der Waals surface area contributed by atoms with Crippen molar-refractivity contribution >= 4 is 16.9 Å². The van der Waals surface area contributed by atoms with Crippen molar-refractivity contribution in [1.82, 2.24) is 19.8 Å². The summed E-state index contributed by atoms with van der Waals surface area (Å²) in [7, 11) is 2.02. The number of imidazole rings is 1. The highest BCUT2D eigenvalue weighted by Crippen LogP contribution is 2.26. The van der Waals surface area contributed by atoms with Crippen LogP contribution in [0.1, 0.15) is 31.5 Å². The highest BCUT2D eigenvalue weighted by atomic mass is 16.5. The number of rotatable bonds is 6. The number of carbonyl (C=O) groups excluding carboxylic acids is 1. The van der Waals surface area contributed by atoms with Crippen LogP contribution in [-0.2, 0) is 23.0 Å². The van der Waals surface area contributed by atoms with Gasteiger partial charge in [-0.15, -0.1) is 0 Å². The van der Waals surface area contributed by atoms with E-state index in [1.165, 1.54) is 0 Å². The third kappa shape index (κ3) is 4.06. The molecule has 3 atom stereocenters. The van der Waals surface area contributed by atoms with Crippen LogP contribution in [0.2, 0.25) is 0 Å². The lowest BCUT2D eigenvalue weighted by atomic mass is 10.1. The van der Waals surface area contributed by atoms with Gasteiger partial charge in [-0.05, 0) is 31.4 Å². The molecule has 2 fully saturated rings. The Morgan fingerprint density at radius 1 is 1.29 bits per heavy atom. The molecule has 2 aliphatic rings. The number of hydrogen-bond donors (Lipinski definition) is 2. The molecule has 2 heterocycles. The predicted octanol–water partition coefficient (Wildman–Crippen LogP) is 1.24. The van der Waals surface area contributed by atoms with Crippen molar-refractivity contribution in [3.8, 4) is 0 Å². The van der Waals surface area contributed by atoms with E-state index in [-0.39, 0.29) is 18.0 Å². The van der Waals surface area contributed by atoms with Crippen LogP contribution in [0.25, 0.3) is 11.0 Å². The zero-order chi connectivity index (χ0) is 19.5. The summed E-state index contributed by atoms with van der Waals surface area (Å²) in [6, 6.07) is 8.07. The molecular formula is C21H30N4O3. The van der Waals surface area contributed by atoms with Gasteiger partial charge >= 0.3 is 0 Å². The number of aliphatic hydroxyl groups is 1. The van der Waals surface area contributed by atoms with E-state index in [9.17, 15) is 9.90 Å². The number of aromatic nitrogens is 2. The largest absolute Gasteiger partial charge is 0.389 e. The number of morpholine rings is 1. The predicted molar refractivity (Wildman–Crippen MR) is 107 cm³/mol. The van der Waals surface area contributed by atoms with Crippen molar-refractivity contribution in [1.29, 1.82) is 0 Å². The Kier molecular flexibility index (Phi) is 5.94. The first-order valence-corrected chi connectivity index (χ1v) is 10.3. The van der Waals surface area contributed by atoms with Gasteiger partial charge in [0.25, 0.3) is 0 Å². The molecule has 0 unspecified atom stereocenters. The van der Waals surface area contributed by atoms with E-state index in [1.54, 1.807) is 0 Å². The Morgan fingerprint density at radius 3 is 2.86 bits per heavy atom. The fourth-order valence-electron chi connectivity index (χ4n) is 4.53. The SMILES string of the molecule is Cn1c(CCCC(=O)N[C@@H]2CC[C@@H](N3CCOCC3)[C@@H]2O)nc2ccccc21. The van der Waals surface area contributed by atoms with E-state index >= 15 is 0 Å². The van der Waals surface area contributed by atoms with Crippen LogP contribution in [-0.4, -0.2) is 70.0 Å². The lowest BCUT2D eigenvalue weighted by Gasteiger charge is -2.34. The first-order valence-electron chi connectivity index (χ1n) is 10.3. The van der Waals surface area contributed by atoms with Crippen LogP contribution in [0, 0.1) is 0 Å². The first kappa shape index (κ1) is 19.4. The van der Waals surface area contributed by atoms with E-state index in [0.717, 1.165) is 68.8 Å². The first-order chi connectivity index (χ1) is 13.6. The molecule has 0 radical (unpaired) electrons. The molecule has 0 spiro atoms. The summed E-state index contributed by atoms with van der Waals surface area (Å²) in [5, 5.41) is 13.7. The maximum atomic E-state index is 12.4. The van der Waals surface area contributed by atoms with E-state index in [2.05, 4.69) is 25.8 Å². The zero-order valence-electron chi connectivity index (χ0n) is 16.5. The van der Waals surface area contributed by atoms with Crippen molar-refractivity contribution < 1.29 is 14.6 Å². The number of nitrogens with zero attached hydrogens (tertiary/aromatic N) is 3. The van der Waals surface area contributed by atoms with Crippen LogP contribution >= 0.6 is 0 Å². The van der Waals surface area contributed by atoms with Gasteiger partial charge in [-0.3, -0.25) is 9.69 Å². The third-order valence-electron chi connectivity index (χ3n) is 6.12. The average molecular weight is 386 g/mol. The molecule has 1 aliphatic heterocycles. The van der Waals surface area contributed by atoms with Gasteiger partial charge < -0.3 is 19.7 Å². The van der Waals surface area contributed by atoms with Gasteiger partial charge in [0.1, 0.15) is 5.82 Å². The monoisotopic (exact) mass is 386 g/mol. The minimum Gasteiger partial charge on any atom is -0.389 e. The highest BCUT2D eigenvalue weighted by molar-refractivity contribution is 5.77. The molecule has 1 saturated carbocycles.